The van der Waals surface area contributed by atoms with Crippen molar-refractivity contribution >= 4 is 0 Å². The van der Waals surface area contributed by atoms with Crippen LogP contribution in [0.4, 0.5) is 0 Å². The van der Waals surface area contributed by atoms with Gasteiger partial charge in [0.15, 0.2) is 11.5 Å². The van der Waals surface area contributed by atoms with E-state index in [1.54, 1.807) is 0 Å². The SMILES string of the molecule is N#Cc1ccc(CNCc2ccc3c(c2)OCCCO3)cc1. The van der Waals surface area contributed by atoms with E-state index in [1.165, 1.54) is 0 Å². The van der Waals surface area contributed by atoms with E-state index in [0.29, 0.717) is 18.8 Å². The summed E-state index contributed by atoms with van der Waals surface area (Å²) in [5, 5.41) is 12.2. The maximum absolute atomic E-state index is 8.78. The predicted molar refractivity (Wildman–Crippen MR) is 83.7 cm³/mol. The van der Waals surface area contributed by atoms with Gasteiger partial charge in [0.05, 0.1) is 24.8 Å². The molecule has 4 heteroatoms. The van der Waals surface area contributed by atoms with Gasteiger partial charge in [-0.25, -0.2) is 0 Å². The lowest BCUT2D eigenvalue weighted by Crippen LogP contribution is -2.12. The van der Waals surface area contributed by atoms with Gasteiger partial charge < -0.3 is 14.8 Å². The molecule has 2 aromatic rings. The summed E-state index contributed by atoms with van der Waals surface area (Å²) >= 11 is 0. The molecule has 0 fully saturated rings. The molecule has 0 saturated heterocycles. The molecule has 2 aromatic carbocycles. The molecule has 4 nitrogen and oxygen atoms in total. The van der Waals surface area contributed by atoms with Gasteiger partial charge in [-0.3, -0.25) is 0 Å². The quantitative estimate of drug-likeness (QED) is 0.941. The third-order valence-corrected chi connectivity index (χ3v) is 3.55. The van der Waals surface area contributed by atoms with Crippen LogP contribution in [0.15, 0.2) is 42.5 Å². The molecule has 0 bridgehead atoms. The maximum Gasteiger partial charge on any atom is 0.161 e. The van der Waals surface area contributed by atoms with Crippen molar-refractivity contribution in [3.05, 3.63) is 59.2 Å². The number of nitrogens with one attached hydrogen (secondary N) is 1. The summed E-state index contributed by atoms with van der Waals surface area (Å²) in [6.45, 7) is 2.94. The van der Waals surface area contributed by atoms with Crippen molar-refractivity contribution in [2.75, 3.05) is 13.2 Å². The normalized spacial score (nSPS) is 13.2. The monoisotopic (exact) mass is 294 g/mol. The van der Waals surface area contributed by atoms with Gasteiger partial charge in [-0.05, 0) is 35.4 Å². The van der Waals surface area contributed by atoms with Crippen molar-refractivity contribution in [2.45, 2.75) is 19.5 Å². The molecule has 0 amide bonds. The Morgan fingerprint density at radius 3 is 2.36 bits per heavy atom. The molecule has 0 unspecified atom stereocenters. The van der Waals surface area contributed by atoms with Gasteiger partial charge >= 0.3 is 0 Å². The highest BCUT2D eigenvalue weighted by molar-refractivity contribution is 5.43. The van der Waals surface area contributed by atoms with Gasteiger partial charge in [-0.1, -0.05) is 18.2 Å². The van der Waals surface area contributed by atoms with Crippen molar-refractivity contribution in [2.24, 2.45) is 0 Å². The fraction of sp³-hybridized carbons (Fsp3) is 0.278. The number of rotatable bonds is 4. The fourth-order valence-corrected chi connectivity index (χ4v) is 2.37. The first-order chi connectivity index (χ1) is 10.8. The van der Waals surface area contributed by atoms with Crippen LogP contribution < -0.4 is 14.8 Å². The summed E-state index contributed by atoms with van der Waals surface area (Å²) in [5.74, 6) is 1.66. The van der Waals surface area contributed by atoms with Crippen LogP contribution in [0.25, 0.3) is 0 Å². The van der Waals surface area contributed by atoms with E-state index in [9.17, 15) is 0 Å². The molecule has 0 saturated carbocycles. The van der Waals surface area contributed by atoms with Crippen molar-refractivity contribution in [1.29, 1.82) is 5.26 Å². The highest BCUT2D eigenvalue weighted by atomic mass is 16.5. The molecule has 0 aromatic heterocycles. The van der Waals surface area contributed by atoms with Gasteiger partial charge in [0, 0.05) is 19.5 Å². The van der Waals surface area contributed by atoms with Gasteiger partial charge in [0.1, 0.15) is 0 Å². The lowest BCUT2D eigenvalue weighted by Gasteiger charge is -2.10. The second-order valence-electron chi connectivity index (χ2n) is 5.24. The van der Waals surface area contributed by atoms with Crippen LogP contribution in [0, 0.1) is 11.3 Å². The van der Waals surface area contributed by atoms with Crippen LogP contribution >= 0.6 is 0 Å². The Kier molecular flexibility index (Phi) is 4.57. The molecule has 112 valence electrons. The third-order valence-electron chi connectivity index (χ3n) is 3.55. The number of hydrogen-bond donors (Lipinski definition) is 1. The van der Waals surface area contributed by atoms with Crippen LogP contribution in [0.1, 0.15) is 23.1 Å². The molecular formula is C18H18N2O2. The first kappa shape index (κ1) is 14.4. The van der Waals surface area contributed by atoms with Crippen LogP contribution in [0.3, 0.4) is 0 Å². The molecule has 0 aliphatic carbocycles. The lowest BCUT2D eigenvalue weighted by molar-refractivity contribution is 0.297. The van der Waals surface area contributed by atoms with E-state index >= 15 is 0 Å². The van der Waals surface area contributed by atoms with Crippen LogP contribution in [0.2, 0.25) is 0 Å². The third kappa shape index (κ3) is 3.57. The molecule has 0 atom stereocenters. The smallest absolute Gasteiger partial charge is 0.161 e. The van der Waals surface area contributed by atoms with Crippen molar-refractivity contribution in [1.82, 2.24) is 5.32 Å². The molecule has 0 radical (unpaired) electrons. The summed E-state index contributed by atoms with van der Waals surface area (Å²) < 4.78 is 11.3. The minimum absolute atomic E-state index is 0.687. The number of fused-ring (bicyclic) bond motifs is 1. The van der Waals surface area contributed by atoms with Gasteiger partial charge in [0.2, 0.25) is 0 Å². The Morgan fingerprint density at radius 1 is 0.909 bits per heavy atom. The number of hydrogen-bond acceptors (Lipinski definition) is 4. The minimum atomic E-state index is 0.687. The maximum atomic E-state index is 8.78. The van der Waals surface area contributed by atoms with E-state index in [0.717, 1.165) is 42.1 Å². The fourth-order valence-electron chi connectivity index (χ4n) is 2.37. The summed E-state index contributed by atoms with van der Waals surface area (Å²) in [6, 6.07) is 15.8. The zero-order chi connectivity index (χ0) is 15.2. The minimum Gasteiger partial charge on any atom is -0.490 e. The average Bonchev–Trinajstić information content (AvgIpc) is 2.80. The summed E-state index contributed by atoms with van der Waals surface area (Å²) in [4.78, 5) is 0. The highest BCUT2D eigenvalue weighted by Gasteiger charge is 2.10. The zero-order valence-corrected chi connectivity index (χ0v) is 12.3. The molecule has 1 aliphatic rings. The number of ether oxygens (including phenoxy) is 2. The van der Waals surface area contributed by atoms with Crippen LogP contribution in [-0.2, 0) is 13.1 Å². The van der Waals surface area contributed by atoms with Crippen LogP contribution in [0.5, 0.6) is 11.5 Å². The van der Waals surface area contributed by atoms with E-state index in [1.807, 2.05) is 36.4 Å². The largest absolute Gasteiger partial charge is 0.490 e. The molecule has 22 heavy (non-hydrogen) atoms. The summed E-state index contributed by atoms with van der Waals surface area (Å²) in [7, 11) is 0. The summed E-state index contributed by atoms with van der Waals surface area (Å²) in [6.07, 6.45) is 0.918. The first-order valence-electron chi connectivity index (χ1n) is 7.43. The second kappa shape index (κ2) is 6.97. The summed E-state index contributed by atoms with van der Waals surface area (Å²) in [5.41, 5.74) is 3.01. The predicted octanol–water partition coefficient (Wildman–Crippen LogP) is 3.01. The Labute approximate surface area is 130 Å². The molecule has 1 heterocycles. The first-order valence-corrected chi connectivity index (χ1v) is 7.43. The molecule has 1 aliphatic heterocycles. The van der Waals surface area contributed by atoms with Crippen molar-refractivity contribution < 1.29 is 9.47 Å². The Hall–Kier alpha value is -2.51. The van der Waals surface area contributed by atoms with Gasteiger partial charge in [-0.15, -0.1) is 0 Å². The molecule has 1 N–H and O–H groups in total. The van der Waals surface area contributed by atoms with Gasteiger partial charge in [0.25, 0.3) is 0 Å². The highest BCUT2D eigenvalue weighted by Crippen LogP contribution is 2.30. The van der Waals surface area contributed by atoms with Crippen molar-refractivity contribution in [3.63, 3.8) is 0 Å². The molecular weight excluding hydrogens is 276 g/mol. The lowest BCUT2D eigenvalue weighted by atomic mass is 10.1. The van der Waals surface area contributed by atoms with Crippen molar-refractivity contribution in [3.8, 4) is 17.6 Å². The second-order valence-corrected chi connectivity index (χ2v) is 5.24. The number of nitrogens with zero attached hydrogens (tertiary/aromatic N) is 1. The number of benzene rings is 2. The topological polar surface area (TPSA) is 54.3 Å². The molecule has 3 rings (SSSR count). The Morgan fingerprint density at radius 2 is 1.59 bits per heavy atom. The molecule has 0 spiro atoms. The zero-order valence-electron chi connectivity index (χ0n) is 12.3. The van der Waals surface area contributed by atoms with Crippen LogP contribution in [-0.4, -0.2) is 13.2 Å². The standard InChI is InChI=1S/C18H18N2O2/c19-11-14-2-4-15(5-3-14)12-20-13-16-6-7-17-18(10-16)22-9-1-8-21-17/h2-7,10,20H,1,8-9,12-13H2. The Bertz CT molecular complexity index is 674. The van der Waals surface area contributed by atoms with Gasteiger partial charge in [-0.2, -0.15) is 5.26 Å². The van der Waals surface area contributed by atoms with E-state index in [2.05, 4.69) is 17.5 Å². The van der Waals surface area contributed by atoms with E-state index in [-0.39, 0.29) is 0 Å². The number of nitriles is 1. The van der Waals surface area contributed by atoms with E-state index in [4.69, 9.17) is 14.7 Å². The van der Waals surface area contributed by atoms with E-state index < -0.39 is 0 Å². The average molecular weight is 294 g/mol. The Balaban J connectivity index is 1.57.